The van der Waals surface area contributed by atoms with Crippen molar-refractivity contribution in [2.24, 2.45) is 11.7 Å². The van der Waals surface area contributed by atoms with E-state index in [9.17, 15) is 0 Å². The maximum absolute atomic E-state index is 6.16. The smallest absolute Gasteiger partial charge is 0.197 e. The number of anilines is 1. The van der Waals surface area contributed by atoms with Gasteiger partial charge >= 0.3 is 0 Å². The molecule has 0 radical (unpaired) electrons. The topological polar surface area (TPSA) is 81.6 Å². The fourth-order valence-corrected chi connectivity index (χ4v) is 4.71. The fraction of sp³-hybridized carbons (Fsp3) is 0.476. The Hall–Kier alpha value is -2.38. The van der Waals surface area contributed by atoms with Gasteiger partial charge in [-0.1, -0.05) is 11.6 Å². The Morgan fingerprint density at radius 2 is 2.24 bits per heavy atom. The first-order chi connectivity index (χ1) is 14.2. The van der Waals surface area contributed by atoms with Gasteiger partial charge in [0.05, 0.1) is 18.0 Å². The summed E-state index contributed by atoms with van der Waals surface area (Å²) in [7, 11) is 0. The Labute approximate surface area is 174 Å². The minimum Gasteiger partial charge on any atom is -0.489 e. The van der Waals surface area contributed by atoms with Crippen LogP contribution in [-0.4, -0.2) is 45.8 Å². The first-order valence-corrected chi connectivity index (χ1v) is 10.7. The second kappa shape index (κ2) is 7.46. The van der Waals surface area contributed by atoms with E-state index in [4.69, 9.17) is 32.2 Å². The molecule has 0 aliphatic carbocycles. The highest BCUT2D eigenvalue weighted by Crippen LogP contribution is 2.39. The molecule has 2 N–H and O–H groups in total. The minimum absolute atomic E-state index is 0.452. The number of nitrogens with two attached hydrogens (primary N) is 1. The van der Waals surface area contributed by atoms with Crippen LogP contribution in [0.4, 0.5) is 5.82 Å². The second-order valence-corrected chi connectivity index (χ2v) is 8.31. The maximum atomic E-state index is 6.16. The third kappa shape index (κ3) is 3.22. The van der Waals surface area contributed by atoms with Crippen molar-refractivity contribution in [3.05, 3.63) is 34.7 Å². The summed E-state index contributed by atoms with van der Waals surface area (Å²) in [6.45, 7) is 5.35. The Morgan fingerprint density at radius 1 is 1.34 bits per heavy atom. The molecule has 152 valence electrons. The molecule has 29 heavy (non-hydrogen) atoms. The highest BCUT2D eigenvalue weighted by atomic mass is 35.5. The van der Waals surface area contributed by atoms with E-state index >= 15 is 0 Å². The molecule has 1 fully saturated rings. The molecule has 2 aliphatic heterocycles. The summed E-state index contributed by atoms with van der Waals surface area (Å²) in [5, 5.41) is 5.56. The van der Waals surface area contributed by atoms with Crippen LogP contribution in [0.2, 0.25) is 5.15 Å². The van der Waals surface area contributed by atoms with Crippen LogP contribution >= 0.6 is 11.6 Å². The number of aryl methyl sites for hydroxylation is 1. The standard InChI is InChI=1S/C21H25ClN6O/c1-13-18(15-6-7-24-17(22)10-15)28-21(25-13)19-16(5-3-9-29-19)20(26-28)27-8-2-4-14(11-23)12-27/h6-7,10,14H,2-5,8-9,11-12,23H2,1H3. The Morgan fingerprint density at radius 3 is 3.07 bits per heavy atom. The number of imidazole rings is 1. The molecule has 0 saturated carbocycles. The quantitative estimate of drug-likeness (QED) is 0.665. The summed E-state index contributed by atoms with van der Waals surface area (Å²) in [6.07, 6.45) is 5.98. The molecule has 5 rings (SSSR count). The van der Waals surface area contributed by atoms with Gasteiger partial charge in [0, 0.05) is 30.4 Å². The van der Waals surface area contributed by atoms with E-state index in [1.165, 1.54) is 12.0 Å². The van der Waals surface area contributed by atoms with E-state index in [2.05, 4.69) is 9.88 Å². The van der Waals surface area contributed by atoms with E-state index in [1.807, 2.05) is 23.6 Å². The zero-order valence-electron chi connectivity index (χ0n) is 16.6. The number of ether oxygens (including phenoxy) is 1. The van der Waals surface area contributed by atoms with Crippen molar-refractivity contribution in [1.82, 2.24) is 19.6 Å². The summed E-state index contributed by atoms with van der Waals surface area (Å²) >= 11 is 6.16. The lowest BCUT2D eigenvalue weighted by atomic mass is 9.97. The van der Waals surface area contributed by atoms with Crippen LogP contribution in [0.1, 0.15) is 30.5 Å². The number of nitrogens with zero attached hydrogens (tertiary/aromatic N) is 5. The Kier molecular flexibility index (Phi) is 4.80. The van der Waals surface area contributed by atoms with Crippen molar-refractivity contribution >= 4 is 23.1 Å². The number of piperidine rings is 1. The number of hydrogen-bond acceptors (Lipinski definition) is 6. The van der Waals surface area contributed by atoms with Gasteiger partial charge in [-0.3, -0.25) is 0 Å². The average molecular weight is 413 g/mol. The van der Waals surface area contributed by atoms with Gasteiger partial charge in [-0.05, 0) is 57.2 Å². The van der Waals surface area contributed by atoms with Gasteiger partial charge < -0.3 is 15.4 Å². The zero-order valence-corrected chi connectivity index (χ0v) is 17.3. The van der Waals surface area contributed by atoms with Crippen molar-refractivity contribution in [1.29, 1.82) is 0 Å². The highest BCUT2D eigenvalue weighted by molar-refractivity contribution is 6.29. The third-order valence-electron chi connectivity index (χ3n) is 5.94. The van der Waals surface area contributed by atoms with E-state index in [0.29, 0.717) is 24.2 Å². The molecule has 0 bridgehead atoms. The summed E-state index contributed by atoms with van der Waals surface area (Å²) in [6, 6.07) is 3.79. The van der Waals surface area contributed by atoms with Crippen LogP contribution in [0.15, 0.2) is 18.3 Å². The molecular formula is C21H25ClN6O. The molecule has 2 aliphatic rings. The zero-order chi connectivity index (χ0) is 20.0. The normalized spacial score (nSPS) is 19.3. The van der Waals surface area contributed by atoms with E-state index in [-0.39, 0.29) is 0 Å². The Balaban J connectivity index is 1.72. The first kappa shape index (κ1) is 18.6. The average Bonchev–Trinajstić information content (AvgIpc) is 3.09. The van der Waals surface area contributed by atoms with Gasteiger partial charge in [-0.25, -0.2) is 14.5 Å². The summed E-state index contributed by atoms with van der Waals surface area (Å²) in [4.78, 5) is 11.3. The molecule has 3 aromatic rings. The summed E-state index contributed by atoms with van der Waals surface area (Å²) in [5.74, 6) is 2.37. The minimum atomic E-state index is 0.452. The number of halogens is 1. The second-order valence-electron chi connectivity index (χ2n) is 7.92. The van der Waals surface area contributed by atoms with Gasteiger partial charge in [-0.2, -0.15) is 0 Å². The molecule has 1 unspecified atom stereocenters. The van der Waals surface area contributed by atoms with Crippen molar-refractivity contribution in [2.45, 2.75) is 32.6 Å². The van der Waals surface area contributed by atoms with E-state index in [0.717, 1.165) is 66.5 Å². The van der Waals surface area contributed by atoms with Crippen molar-refractivity contribution in [3.8, 4) is 17.0 Å². The van der Waals surface area contributed by atoms with Gasteiger partial charge in [0.15, 0.2) is 17.2 Å². The number of hydrogen-bond donors (Lipinski definition) is 1. The van der Waals surface area contributed by atoms with Gasteiger partial charge in [0.2, 0.25) is 0 Å². The fourth-order valence-electron chi connectivity index (χ4n) is 4.54. The highest BCUT2D eigenvalue weighted by Gasteiger charge is 2.29. The van der Waals surface area contributed by atoms with Gasteiger partial charge in [0.25, 0.3) is 0 Å². The lowest BCUT2D eigenvalue weighted by Crippen LogP contribution is -2.40. The molecular weight excluding hydrogens is 388 g/mol. The van der Waals surface area contributed by atoms with Gasteiger partial charge in [-0.15, -0.1) is 5.10 Å². The lowest BCUT2D eigenvalue weighted by Gasteiger charge is -2.35. The first-order valence-electron chi connectivity index (χ1n) is 10.3. The summed E-state index contributed by atoms with van der Waals surface area (Å²) in [5.41, 5.74) is 10.7. The van der Waals surface area contributed by atoms with Gasteiger partial charge in [0.1, 0.15) is 5.15 Å². The number of rotatable bonds is 3. The van der Waals surface area contributed by atoms with E-state index in [1.54, 1.807) is 6.20 Å². The predicted octanol–water partition coefficient (Wildman–Crippen LogP) is 3.25. The molecule has 1 atom stereocenters. The van der Waals surface area contributed by atoms with Crippen LogP contribution < -0.4 is 15.4 Å². The molecule has 5 heterocycles. The predicted molar refractivity (Wildman–Crippen MR) is 114 cm³/mol. The van der Waals surface area contributed by atoms with Crippen LogP contribution in [-0.2, 0) is 6.42 Å². The summed E-state index contributed by atoms with van der Waals surface area (Å²) < 4.78 is 8.06. The van der Waals surface area contributed by atoms with Crippen LogP contribution in [0, 0.1) is 12.8 Å². The number of pyridine rings is 1. The molecule has 3 aromatic heterocycles. The van der Waals surface area contributed by atoms with Crippen LogP contribution in [0.25, 0.3) is 16.9 Å². The monoisotopic (exact) mass is 412 g/mol. The molecule has 0 amide bonds. The number of aromatic nitrogens is 4. The van der Waals surface area contributed by atoms with E-state index < -0.39 is 0 Å². The SMILES string of the molecule is Cc1nc2c3c(c(N4CCCC(CN)C4)nn2c1-c1ccnc(Cl)c1)CCCO3. The molecule has 1 saturated heterocycles. The number of fused-ring (bicyclic) bond motifs is 3. The largest absolute Gasteiger partial charge is 0.489 e. The Bertz CT molecular complexity index is 1060. The van der Waals surface area contributed by atoms with Crippen LogP contribution in [0.5, 0.6) is 5.75 Å². The third-order valence-corrected chi connectivity index (χ3v) is 6.15. The van der Waals surface area contributed by atoms with Crippen LogP contribution in [0.3, 0.4) is 0 Å². The van der Waals surface area contributed by atoms with Crippen molar-refractivity contribution in [3.63, 3.8) is 0 Å². The molecule has 0 spiro atoms. The molecule has 0 aromatic carbocycles. The van der Waals surface area contributed by atoms with Crippen molar-refractivity contribution in [2.75, 3.05) is 31.1 Å². The molecule has 8 heteroatoms. The molecule has 7 nitrogen and oxygen atoms in total. The maximum Gasteiger partial charge on any atom is 0.197 e. The lowest BCUT2D eigenvalue weighted by molar-refractivity contribution is 0.288. The van der Waals surface area contributed by atoms with Crippen molar-refractivity contribution < 1.29 is 4.74 Å².